The molecule has 0 spiro atoms. The predicted molar refractivity (Wildman–Crippen MR) is 81.6 cm³/mol. The van der Waals surface area contributed by atoms with E-state index in [4.69, 9.17) is 23.7 Å². The van der Waals surface area contributed by atoms with E-state index < -0.39 is 5.79 Å². The lowest BCUT2D eigenvalue weighted by Crippen LogP contribution is -2.36. The zero-order valence-corrected chi connectivity index (χ0v) is 14.1. The summed E-state index contributed by atoms with van der Waals surface area (Å²) in [6.45, 7) is 7.42. The van der Waals surface area contributed by atoms with Crippen LogP contribution in [-0.2, 0) is 23.7 Å². The number of unbranched alkanes of at least 4 members (excludes halogenated alkanes) is 5. The van der Waals surface area contributed by atoms with Gasteiger partial charge in [0.1, 0.15) is 24.4 Å². The highest BCUT2D eigenvalue weighted by molar-refractivity contribution is 5.04. The largest absolute Gasteiger partial charge is 0.361 e. The van der Waals surface area contributed by atoms with Crippen molar-refractivity contribution in [1.82, 2.24) is 0 Å². The van der Waals surface area contributed by atoms with E-state index in [1.165, 1.54) is 32.1 Å². The Kier molecular flexibility index (Phi) is 5.40. The minimum absolute atomic E-state index is 0.0485. The summed E-state index contributed by atoms with van der Waals surface area (Å²) in [4.78, 5) is 0. The number of hydrogen-bond donors (Lipinski definition) is 0. The van der Waals surface area contributed by atoms with E-state index >= 15 is 0 Å². The Morgan fingerprint density at radius 1 is 0.955 bits per heavy atom. The molecule has 0 unspecified atom stereocenters. The van der Waals surface area contributed by atoms with Gasteiger partial charge in [-0.3, -0.25) is 0 Å². The second kappa shape index (κ2) is 7.14. The molecule has 0 aliphatic carbocycles. The fourth-order valence-corrected chi connectivity index (χ4v) is 3.32. The zero-order chi connectivity index (χ0) is 15.6. The molecule has 0 saturated carbocycles. The molecule has 128 valence electrons. The van der Waals surface area contributed by atoms with Gasteiger partial charge in [0.25, 0.3) is 0 Å². The van der Waals surface area contributed by atoms with Crippen LogP contribution < -0.4 is 0 Å². The smallest absolute Gasteiger partial charge is 0.186 e. The Morgan fingerprint density at radius 2 is 1.73 bits per heavy atom. The average molecular weight is 314 g/mol. The minimum atomic E-state index is -0.518. The Labute approximate surface area is 133 Å². The summed E-state index contributed by atoms with van der Waals surface area (Å²) >= 11 is 0. The third-order valence-electron chi connectivity index (χ3n) is 4.62. The van der Waals surface area contributed by atoms with Crippen LogP contribution in [0.3, 0.4) is 0 Å². The van der Waals surface area contributed by atoms with Crippen molar-refractivity contribution < 1.29 is 23.7 Å². The van der Waals surface area contributed by atoms with E-state index in [2.05, 4.69) is 6.92 Å². The molecule has 0 radical (unpaired) electrons. The normalized spacial score (nSPS) is 39.1. The summed E-state index contributed by atoms with van der Waals surface area (Å²) in [5.41, 5.74) is 0. The molecule has 0 aromatic carbocycles. The molecule has 0 amide bonds. The van der Waals surface area contributed by atoms with Crippen molar-refractivity contribution in [1.29, 1.82) is 0 Å². The number of fused-ring (bicyclic) bond motifs is 1. The first kappa shape index (κ1) is 16.7. The van der Waals surface area contributed by atoms with Crippen molar-refractivity contribution in [3.63, 3.8) is 0 Å². The van der Waals surface area contributed by atoms with Gasteiger partial charge in [0.05, 0.1) is 6.61 Å². The van der Waals surface area contributed by atoms with E-state index in [-0.39, 0.29) is 30.7 Å². The number of hydrogen-bond acceptors (Lipinski definition) is 5. The van der Waals surface area contributed by atoms with E-state index in [1.54, 1.807) is 0 Å². The van der Waals surface area contributed by atoms with Crippen molar-refractivity contribution in [3.8, 4) is 0 Å². The average Bonchev–Trinajstić information content (AvgIpc) is 3.07. The summed E-state index contributed by atoms with van der Waals surface area (Å²) in [6.07, 6.45) is 7.49. The maximum absolute atomic E-state index is 5.99. The molecule has 3 saturated heterocycles. The summed E-state index contributed by atoms with van der Waals surface area (Å²) in [5, 5.41) is 0. The van der Waals surface area contributed by atoms with Crippen LogP contribution in [0.4, 0.5) is 0 Å². The summed E-state index contributed by atoms with van der Waals surface area (Å²) in [6, 6.07) is 0. The molecule has 3 aliphatic heterocycles. The van der Waals surface area contributed by atoms with Crippen LogP contribution >= 0.6 is 0 Å². The third-order valence-corrected chi connectivity index (χ3v) is 4.62. The topological polar surface area (TPSA) is 49.5 Å². The van der Waals surface area contributed by atoms with Crippen molar-refractivity contribution in [2.75, 3.05) is 13.2 Å². The van der Waals surface area contributed by atoms with Crippen LogP contribution in [0.25, 0.3) is 0 Å². The summed E-state index contributed by atoms with van der Waals surface area (Å²) < 4.78 is 29.0. The molecule has 5 atom stereocenters. The number of rotatable bonds is 9. The molecule has 3 aliphatic rings. The molecule has 3 fully saturated rings. The van der Waals surface area contributed by atoms with Crippen LogP contribution in [0.1, 0.15) is 59.3 Å². The van der Waals surface area contributed by atoms with E-state index in [0.717, 1.165) is 13.0 Å². The van der Waals surface area contributed by atoms with Crippen LogP contribution in [-0.4, -0.2) is 49.7 Å². The minimum Gasteiger partial charge on any atom is -0.361 e. The highest BCUT2D eigenvalue weighted by Gasteiger charge is 2.62. The highest BCUT2D eigenvalue weighted by Crippen LogP contribution is 2.43. The first-order valence-electron chi connectivity index (χ1n) is 8.85. The number of ether oxygens (including phenoxy) is 5. The summed E-state index contributed by atoms with van der Waals surface area (Å²) in [7, 11) is 0. The second-order valence-corrected chi connectivity index (χ2v) is 7.04. The number of epoxide rings is 1. The van der Waals surface area contributed by atoms with Gasteiger partial charge in [0.2, 0.25) is 0 Å². The van der Waals surface area contributed by atoms with Gasteiger partial charge in [0, 0.05) is 6.61 Å². The summed E-state index contributed by atoms with van der Waals surface area (Å²) in [5.74, 6) is -0.518. The molecule has 0 N–H and O–H groups in total. The van der Waals surface area contributed by atoms with Crippen molar-refractivity contribution >= 4 is 0 Å². The molecular formula is C17H30O5. The van der Waals surface area contributed by atoms with Gasteiger partial charge in [-0.15, -0.1) is 0 Å². The van der Waals surface area contributed by atoms with Gasteiger partial charge < -0.3 is 23.7 Å². The Bertz CT molecular complexity index is 359. The molecule has 5 heteroatoms. The van der Waals surface area contributed by atoms with Gasteiger partial charge in [-0.05, 0) is 20.3 Å². The predicted octanol–water partition coefficient (Wildman–Crippen LogP) is 3.01. The van der Waals surface area contributed by atoms with E-state index in [9.17, 15) is 0 Å². The van der Waals surface area contributed by atoms with Gasteiger partial charge in [0.15, 0.2) is 12.1 Å². The molecule has 3 rings (SSSR count). The van der Waals surface area contributed by atoms with E-state index in [0.29, 0.717) is 6.61 Å². The molecule has 5 nitrogen and oxygen atoms in total. The van der Waals surface area contributed by atoms with Crippen LogP contribution in [0.5, 0.6) is 0 Å². The van der Waals surface area contributed by atoms with Crippen molar-refractivity contribution in [2.45, 2.75) is 95.8 Å². The molecule has 0 aromatic rings. The van der Waals surface area contributed by atoms with Crippen LogP contribution in [0.2, 0.25) is 0 Å². The first-order chi connectivity index (χ1) is 10.6. The Balaban J connectivity index is 1.32. The maximum atomic E-state index is 5.99. The first-order valence-corrected chi connectivity index (χ1v) is 8.85. The maximum Gasteiger partial charge on any atom is 0.186 e. The highest BCUT2D eigenvalue weighted by atomic mass is 16.8. The van der Waals surface area contributed by atoms with Crippen LogP contribution in [0.15, 0.2) is 0 Å². The quantitative estimate of drug-likeness (QED) is 0.484. The monoisotopic (exact) mass is 314 g/mol. The van der Waals surface area contributed by atoms with Gasteiger partial charge in [-0.1, -0.05) is 39.0 Å². The second-order valence-electron chi connectivity index (χ2n) is 7.04. The van der Waals surface area contributed by atoms with Crippen molar-refractivity contribution in [3.05, 3.63) is 0 Å². The van der Waals surface area contributed by atoms with E-state index in [1.807, 2.05) is 13.8 Å². The fourth-order valence-electron chi connectivity index (χ4n) is 3.32. The molecule has 0 aromatic heterocycles. The fraction of sp³-hybridized carbons (Fsp3) is 1.00. The Hall–Kier alpha value is -0.200. The zero-order valence-electron chi connectivity index (χ0n) is 14.1. The lowest BCUT2D eigenvalue weighted by Gasteiger charge is -2.23. The van der Waals surface area contributed by atoms with Gasteiger partial charge >= 0.3 is 0 Å². The van der Waals surface area contributed by atoms with Crippen LogP contribution in [0, 0.1) is 0 Å². The third kappa shape index (κ3) is 4.01. The van der Waals surface area contributed by atoms with Crippen molar-refractivity contribution in [2.24, 2.45) is 0 Å². The lowest BCUT2D eigenvalue weighted by molar-refractivity contribution is -0.207. The Morgan fingerprint density at radius 3 is 2.45 bits per heavy atom. The molecule has 0 bridgehead atoms. The van der Waals surface area contributed by atoms with Gasteiger partial charge in [-0.2, -0.15) is 0 Å². The SMILES string of the molecule is CCCCCCCCO[C@H]1O[C@@H]([C@H]2COC(C)(C)O2)[C@H]2O[C@@H]12. The standard InChI is InChI=1S/C17H30O5/c1-4-5-6-7-8-9-10-18-16-15-14(20-15)13(21-16)12-11-19-17(2,3)22-12/h12-16H,4-11H2,1-3H3/t12-,13+,14-,15-,16+/m1/s1. The molecule has 3 heterocycles. The lowest BCUT2D eigenvalue weighted by atomic mass is 10.1. The molecular weight excluding hydrogens is 284 g/mol. The van der Waals surface area contributed by atoms with Gasteiger partial charge in [-0.25, -0.2) is 0 Å². The molecule has 22 heavy (non-hydrogen) atoms.